The molecule has 2 aliphatic heterocycles. The van der Waals surface area contributed by atoms with Gasteiger partial charge in [-0.15, -0.1) is 11.8 Å². The Balaban J connectivity index is 1.44. The standard InChI is InChI=1S/C23H24F2N2O2S/c1-15-8-13-27(20-4-2-3-5-21(20)30-15)22(28)16-9-11-26(12-10-16)23(29)18-7-6-17(24)14-19(18)25/h2-7,14-16H,8-13H2,1H3. The monoisotopic (exact) mass is 430 g/mol. The molecule has 1 unspecified atom stereocenters. The summed E-state index contributed by atoms with van der Waals surface area (Å²) in [5, 5.41) is 0.439. The number of benzene rings is 2. The van der Waals surface area contributed by atoms with Crippen LogP contribution in [0.3, 0.4) is 0 Å². The number of hydrogen-bond donors (Lipinski definition) is 0. The maximum absolute atomic E-state index is 14.0. The molecule has 0 bridgehead atoms. The highest BCUT2D eigenvalue weighted by molar-refractivity contribution is 8.00. The molecule has 158 valence electrons. The Labute approximate surface area is 179 Å². The highest BCUT2D eigenvalue weighted by Crippen LogP contribution is 2.38. The summed E-state index contributed by atoms with van der Waals surface area (Å²) < 4.78 is 27.1. The predicted octanol–water partition coefficient (Wildman–Crippen LogP) is 4.73. The molecule has 2 heterocycles. The number of halogens is 2. The summed E-state index contributed by atoms with van der Waals surface area (Å²) in [6.07, 6.45) is 2.00. The second kappa shape index (κ2) is 8.76. The molecule has 0 aliphatic carbocycles. The van der Waals surface area contributed by atoms with Crippen LogP contribution in [-0.2, 0) is 4.79 Å². The van der Waals surface area contributed by atoms with Crippen LogP contribution in [0, 0.1) is 17.6 Å². The van der Waals surface area contributed by atoms with Crippen LogP contribution in [0.15, 0.2) is 47.4 Å². The Morgan fingerprint density at radius 1 is 1.00 bits per heavy atom. The summed E-state index contributed by atoms with van der Waals surface area (Å²) >= 11 is 1.80. The lowest BCUT2D eigenvalue weighted by molar-refractivity contribution is -0.123. The molecule has 7 heteroatoms. The first kappa shape index (κ1) is 20.8. The normalized spacial score (nSPS) is 19.9. The van der Waals surface area contributed by atoms with E-state index in [0.717, 1.165) is 29.1 Å². The van der Waals surface area contributed by atoms with E-state index in [1.165, 1.54) is 6.07 Å². The number of hydrogen-bond acceptors (Lipinski definition) is 3. The second-order valence-electron chi connectivity index (χ2n) is 7.87. The first-order chi connectivity index (χ1) is 14.4. The maximum Gasteiger partial charge on any atom is 0.256 e. The first-order valence-corrected chi connectivity index (χ1v) is 11.1. The van der Waals surface area contributed by atoms with Gasteiger partial charge < -0.3 is 9.80 Å². The van der Waals surface area contributed by atoms with E-state index in [2.05, 4.69) is 13.0 Å². The zero-order valence-electron chi connectivity index (χ0n) is 16.8. The Kier molecular flexibility index (Phi) is 6.09. The molecule has 4 nitrogen and oxygen atoms in total. The van der Waals surface area contributed by atoms with E-state index in [1.807, 2.05) is 23.1 Å². The molecule has 0 radical (unpaired) electrons. The average Bonchev–Trinajstić information content (AvgIpc) is 2.91. The minimum Gasteiger partial charge on any atom is -0.339 e. The van der Waals surface area contributed by atoms with Gasteiger partial charge in [0.25, 0.3) is 5.91 Å². The van der Waals surface area contributed by atoms with Crippen LogP contribution in [0.4, 0.5) is 14.5 Å². The average molecular weight is 431 g/mol. The fraction of sp³-hybridized carbons (Fsp3) is 0.391. The SMILES string of the molecule is CC1CCN(C(=O)C2CCN(C(=O)c3ccc(F)cc3F)CC2)c2ccccc2S1. The molecule has 2 aromatic rings. The lowest BCUT2D eigenvalue weighted by Crippen LogP contribution is -2.45. The van der Waals surface area contributed by atoms with Crippen molar-refractivity contribution in [2.24, 2.45) is 5.92 Å². The van der Waals surface area contributed by atoms with E-state index in [0.29, 0.717) is 37.7 Å². The fourth-order valence-electron chi connectivity index (χ4n) is 4.10. The van der Waals surface area contributed by atoms with Gasteiger partial charge in [-0.25, -0.2) is 8.78 Å². The third kappa shape index (κ3) is 4.21. The predicted molar refractivity (Wildman–Crippen MR) is 114 cm³/mol. The summed E-state index contributed by atoms with van der Waals surface area (Å²) in [4.78, 5) is 30.5. The van der Waals surface area contributed by atoms with Crippen molar-refractivity contribution >= 4 is 29.3 Å². The summed E-state index contributed by atoms with van der Waals surface area (Å²) in [6, 6.07) is 11.0. The van der Waals surface area contributed by atoms with E-state index >= 15 is 0 Å². The van der Waals surface area contributed by atoms with E-state index in [1.54, 1.807) is 16.7 Å². The van der Waals surface area contributed by atoms with Gasteiger partial charge in [-0.2, -0.15) is 0 Å². The number of thioether (sulfide) groups is 1. The maximum atomic E-state index is 14.0. The molecule has 0 aromatic heterocycles. The number of carbonyl (C=O) groups is 2. The Hall–Kier alpha value is -2.41. The van der Waals surface area contributed by atoms with Crippen LogP contribution in [-0.4, -0.2) is 41.6 Å². The number of piperidine rings is 1. The van der Waals surface area contributed by atoms with E-state index in [4.69, 9.17) is 0 Å². The summed E-state index contributed by atoms with van der Waals surface area (Å²) in [5.41, 5.74) is 0.831. The van der Waals surface area contributed by atoms with Crippen molar-refractivity contribution in [3.63, 3.8) is 0 Å². The van der Waals surface area contributed by atoms with Crippen molar-refractivity contribution < 1.29 is 18.4 Å². The van der Waals surface area contributed by atoms with Gasteiger partial charge in [-0.3, -0.25) is 9.59 Å². The molecule has 4 rings (SSSR count). The molecular formula is C23H24F2N2O2S. The van der Waals surface area contributed by atoms with Gasteiger partial charge in [0.05, 0.1) is 11.3 Å². The summed E-state index contributed by atoms with van der Waals surface area (Å²) in [5.74, 6) is -2.09. The highest BCUT2D eigenvalue weighted by Gasteiger charge is 2.33. The van der Waals surface area contributed by atoms with Crippen molar-refractivity contribution in [2.45, 2.75) is 36.3 Å². The molecule has 0 spiro atoms. The fourth-order valence-corrected chi connectivity index (χ4v) is 5.21. The quantitative estimate of drug-likeness (QED) is 0.691. The third-order valence-electron chi connectivity index (χ3n) is 5.80. The van der Waals surface area contributed by atoms with Crippen molar-refractivity contribution in [1.29, 1.82) is 0 Å². The topological polar surface area (TPSA) is 40.6 Å². The Morgan fingerprint density at radius 3 is 2.47 bits per heavy atom. The third-order valence-corrected chi connectivity index (χ3v) is 7.04. The molecule has 30 heavy (non-hydrogen) atoms. The van der Waals surface area contributed by atoms with E-state index < -0.39 is 17.5 Å². The van der Waals surface area contributed by atoms with Crippen molar-refractivity contribution in [3.8, 4) is 0 Å². The zero-order valence-corrected chi connectivity index (χ0v) is 17.6. The Morgan fingerprint density at radius 2 is 1.73 bits per heavy atom. The van der Waals surface area contributed by atoms with Gasteiger partial charge in [-0.05, 0) is 43.5 Å². The molecule has 1 atom stereocenters. The number of para-hydroxylation sites is 1. The number of carbonyl (C=O) groups excluding carboxylic acids is 2. The van der Waals surface area contributed by atoms with Crippen LogP contribution in [0.5, 0.6) is 0 Å². The van der Waals surface area contributed by atoms with Crippen molar-refractivity contribution in [3.05, 3.63) is 59.7 Å². The van der Waals surface area contributed by atoms with E-state index in [9.17, 15) is 18.4 Å². The zero-order chi connectivity index (χ0) is 21.3. The molecule has 0 N–H and O–H groups in total. The van der Waals surface area contributed by atoms with Crippen molar-refractivity contribution in [2.75, 3.05) is 24.5 Å². The van der Waals surface area contributed by atoms with Crippen molar-refractivity contribution in [1.82, 2.24) is 4.90 Å². The summed E-state index contributed by atoms with van der Waals surface area (Å²) in [6.45, 7) is 3.62. The Bertz CT molecular complexity index is 960. The molecule has 1 saturated heterocycles. The molecule has 2 amide bonds. The number of rotatable bonds is 2. The van der Waals surface area contributed by atoms with Crippen LogP contribution in [0.1, 0.15) is 36.5 Å². The first-order valence-electron chi connectivity index (χ1n) is 10.3. The highest BCUT2D eigenvalue weighted by atomic mass is 32.2. The number of nitrogens with zero attached hydrogens (tertiary/aromatic N) is 2. The number of anilines is 1. The largest absolute Gasteiger partial charge is 0.339 e. The number of likely N-dealkylation sites (tertiary alicyclic amines) is 1. The lowest BCUT2D eigenvalue weighted by Gasteiger charge is -2.34. The molecule has 2 aromatic carbocycles. The molecule has 2 aliphatic rings. The summed E-state index contributed by atoms with van der Waals surface area (Å²) in [7, 11) is 0. The van der Waals surface area contributed by atoms with Gasteiger partial charge >= 0.3 is 0 Å². The number of amides is 2. The second-order valence-corrected chi connectivity index (χ2v) is 9.35. The minimum absolute atomic E-state index is 0.0946. The number of fused-ring (bicyclic) bond motifs is 1. The molecule has 1 fully saturated rings. The van der Waals surface area contributed by atoms with Gasteiger partial charge in [0.2, 0.25) is 5.91 Å². The van der Waals surface area contributed by atoms with Crippen LogP contribution < -0.4 is 4.90 Å². The van der Waals surface area contributed by atoms with Gasteiger partial charge in [0.1, 0.15) is 11.6 Å². The van der Waals surface area contributed by atoms with Crippen LogP contribution in [0.2, 0.25) is 0 Å². The lowest BCUT2D eigenvalue weighted by atomic mass is 9.94. The minimum atomic E-state index is -0.856. The smallest absolute Gasteiger partial charge is 0.256 e. The van der Waals surface area contributed by atoms with Gasteiger partial charge in [-0.1, -0.05) is 19.1 Å². The van der Waals surface area contributed by atoms with Crippen LogP contribution in [0.25, 0.3) is 0 Å². The molecule has 0 saturated carbocycles. The molecular weight excluding hydrogens is 406 g/mol. The van der Waals surface area contributed by atoms with E-state index in [-0.39, 0.29) is 17.4 Å². The van der Waals surface area contributed by atoms with Crippen LogP contribution >= 0.6 is 11.8 Å². The van der Waals surface area contributed by atoms with Gasteiger partial charge in [0, 0.05) is 41.8 Å². The van der Waals surface area contributed by atoms with Gasteiger partial charge in [0.15, 0.2) is 0 Å².